The molecule has 0 amide bonds. The van der Waals surface area contributed by atoms with Crippen molar-refractivity contribution < 1.29 is 18.7 Å². The van der Waals surface area contributed by atoms with Crippen LogP contribution in [-0.2, 0) is 9.53 Å². The first-order valence-corrected chi connectivity index (χ1v) is 10.5. The van der Waals surface area contributed by atoms with Crippen LogP contribution in [0.1, 0.15) is 37.0 Å². The summed E-state index contributed by atoms with van der Waals surface area (Å²) in [6.45, 7) is 3.90. The van der Waals surface area contributed by atoms with Crippen molar-refractivity contribution in [2.75, 3.05) is 0 Å². The molecular formula is C27H23NO4. The second kappa shape index (κ2) is 9.40. The minimum absolute atomic E-state index is 0.0259. The molecule has 0 aliphatic heterocycles. The molecule has 32 heavy (non-hydrogen) atoms. The molecule has 4 rings (SSSR count). The lowest BCUT2D eigenvalue weighted by Gasteiger charge is -2.22. The lowest BCUT2D eigenvalue weighted by molar-refractivity contribution is -0.150. The van der Waals surface area contributed by atoms with Crippen molar-refractivity contribution in [1.29, 1.82) is 5.26 Å². The molecule has 0 radical (unpaired) electrons. The zero-order valence-corrected chi connectivity index (χ0v) is 17.9. The maximum absolute atomic E-state index is 13.1. The fraction of sp³-hybridized carbons (Fsp3) is 0.185. The summed E-state index contributed by atoms with van der Waals surface area (Å²) in [6.07, 6.45) is 0.573. The zero-order valence-electron chi connectivity index (χ0n) is 17.9. The summed E-state index contributed by atoms with van der Waals surface area (Å²) in [6, 6.07) is 26.0. The first-order chi connectivity index (χ1) is 15.5. The van der Waals surface area contributed by atoms with E-state index in [1.54, 1.807) is 30.5 Å². The monoisotopic (exact) mass is 425 g/mol. The van der Waals surface area contributed by atoms with Gasteiger partial charge >= 0.3 is 5.97 Å². The van der Waals surface area contributed by atoms with Gasteiger partial charge in [-0.25, -0.2) is 0 Å². The zero-order chi connectivity index (χ0) is 22.5. The van der Waals surface area contributed by atoms with Crippen LogP contribution in [0.15, 0.2) is 89.5 Å². The molecule has 0 aliphatic rings. The summed E-state index contributed by atoms with van der Waals surface area (Å²) in [4.78, 5) is 13.1. The van der Waals surface area contributed by atoms with E-state index < -0.39 is 18.0 Å². The van der Waals surface area contributed by atoms with E-state index in [1.165, 1.54) is 0 Å². The highest BCUT2D eigenvalue weighted by Gasteiger charge is 2.29. The van der Waals surface area contributed by atoms with Crippen molar-refractivity contribution in [2.45, 2.75) is 25.9 Å². The minimum Gasteiger partial charge on any atom is -0.464 e. The van der Waals surface area contributed by atoms with E-state index in [4.69, 9.17) is 13.9 Å². The number of para-hydroxylation sites is 1. The van der Waals surface area contributed by atoms with Crippen molar-refractivity contribution >= 4 is 16.9 Å². The molecule has 2 atom stereocenters. The molecule has 0 saturated carbocycles. The topological polar surface area (TPSA) is 72.5 Å². The van der Waals surface area contributed by atoms with Gasteiger partial charge in [0.2, 0.25) is 6.10 Å². The van der Waals surface area contributed by atoms with Gasteiger partial charge in [0, 0.05) is 10.9 Å². The fourth-order valence-corrected chi connectivity index (χ4v) is 3.68. The van der Waals surface area contributed by atoms with Crippen LogP contribution in [0.2, 0.25) is 0 Å². The first-order valence-electron chi connectivity index (χ1n) is 10.5. The number of carbonyl (C=O) groups excluding carboxylic acids is 1. The Kier molecular flexibility index (Phi) is 6.23. The van der Waals surface area contributed by atoms with Crippen molar-refractivity contribution in [2.24, 2.45) is 5.92 Å². The maximum Gasteiger partial charge on any atom is 0.315 e. The van der Waals surface area contributed by atoms with E-state index in [-0.39, 0.29) is 5.92 Å². The number of furan rings is 1. The molecule has 1 aromatic heterocycles. The molecule has 0 spiro atoms. The largest absolute Gasteiger partial charge is 0.464 e. The number of nitrogens with zero attached hydrogens (tertiary/aromatic N) is 1. The smallest absolute Gasteiger partial charge is 0.315 e. The van der Waals surface area contributed by atoms with Crippen LogP contribution in [0, 0.1) is 17.2 Å². The van der Waals surface area contributed by atoms with Gasteiger partial charge in [0.05, 0.1) is 12.2 Å². The number of fused-ring (bicyclic) bond motifs is 1. The highest BCUT2D eigenvalue weighted by molar-refractivity contribution is 5.83. The summed E-state index contributed by atoms with van der Waals surface area (Å²) in [7, 11) is 0. The molecule has 0 aliphatic carbocycles. The molecule has 160 valence electrons. The summed E-state index contributed by atoms with van der Waals surface area (Å²) < 4.78 is 17.0. The van der Waals surface area contributed by atoms with Crippen LogP contribution in [0.3, 0.4) is 0 Å². The Bertz CT molecular complexity index is 1250. The van der Waals surface area contributed by atoms with E-state index in [2.05, 4.69) is 6.07 Å². The SMILES string of the molecule is CC(C)C(C(=O)OC(C#N)c1cccc(Oc2ccccc2)c1)c1ccc2ccoc2c1. The molecule has 5 nitrogen and oxygen atoms in total. The Morgan fingerprint density at radius 2 is 1.69 bits per heavy atom. The number of ether oxygens (including phenoxy) is 2. The Hall–Kier alpha value is -4.04. The van der Waals surface area contributed by atoms with E-state index in [9.17, 15) is 10.1 Å². The molecular weight excluding hydrogens is 402 g/mol. The molecule has 3 aromatic carbocycles. The third kappa shape index (κ3) is 4.65. The molecule has 1 heterocycles. The van der Waals surface area contributed by atoms with Crippen LogP contribution < -0.4 is 4.74 Å². The van der Waals surface area contributed by atoms with Crippen molar-refractivity contribution in [1.82, 2.24) is 0 Å². The Morgan fingerprint density at radius 1 is 0.906 bits per heavy atom. The first kappa shape index (κ1) is 21.2. The summed E-state index contributed by atoms with van der Waals surface area (Å²) in [5.41, 5.74) is 2.06. The maximum atomic E-state index is 13.1. The summed E-state index contributed by atoms with van der Waals surface area (Å²) in [5.74, 6) is 0.245. The lowest BCUT2D eigenvalue weighted by atomic mass is 9.88. The molecule has 0 bridgehead atoms. The van der Waals surface area contributed by atoms with Gasteiger partial charge < -0.3 is 13.9 Å². The molecule has 2 unspecified atom stereocenters. The number of nitriles is 1. The van der Waals surface area contributed by atoms with Crippen molar-refractivity contribution in [3.05, 3.63) is 96.3 Å². The van der Waals surface area contributed by atoms with Gasteiger partial charge in [-0.3, -0.25) is 4.79 Å². The number of benzene rings is 3. The lowest BCUT2D eigenvalue weighted by Crippen LogP contribution is -2.22. The van der Waals surface area contributed by atoms with E-state index >= 15 is 0 Å². The average Bonchev–Trinajstić information content (AvgIpc) is 3.26. The van der Waals surface area contributed by atoms with E-state index in [0.717, 1.165) is 10.9 Å². The Labute approximate surface area is 186 Å². The standard InChI is InChI=1S/C27H23NO4/c1-18(2)26(21-12-11-19-13-14-30-24(19)16-21)27(29)32-25(17-28)20-7-6-10-23(15-20)31-22-8-4-3-5-9-22/h3-16,18,25-26H,1-2H3. The molecule has 0 saturated heterocycles. The Balaban J connectivity index is 1.55. The van der Waals surface area contributed by atoms with Crippen LogP contribution in [-0.4, -0.2) is 5.97 Å². The molecule has 4 aromatic rings. The third-order valence-corrected chi connectivity index (χ3v) is 5.25. The minimum atomic E-state index is -1.05. The van der Waals surface area contributed by atoms with Crippen LogP contribution >= 0.6 is 0 Å². The fourth-order valence-electron chi connectivity index (χ4n) is 3.68. The number of esters is 1. The second-order valence-electron chi connectivity index (χ2n) is 7.87. The number of hydrogen-bond donors (Lipinski definition) is 0. The van der Waals surface area contributed by atoms with Gasteiger partial charge in [-0.1, -0.05) is 56.3 Å². The molecule has 0 N–H and O–H groups in total. The summed E-state index contributed by atoms with van der Waals surface area (Å²) in [5, 5.41) is 10.7. The normalized spacial score (nSPS) is 12.8. The molecule has 5 heteroatoms. The predicted octanol–water partition coefficient (Wildman–Crippen LogP) is 6.77. The number of hydrogen-bond acceptors (Lipinski definition) is 5. The van der Waals surface area contributed by atoms with Gasteiger partial charge in [0.15, 0.2) is 0 Å². The van der Waals surface area contributed by atoms with Gasteiger partial charge in [0.25, 0.3) is 0 Å². The average molecular weight is 425 g/mol. The van der Waals surface area contributed by atoms with E-state index in [1.807, 2.05) is 68.4 Å². The van der Waals surface area contributed by atoms with Crippen LogP contribution in [0.25, 0.3) is 11.0 Å². The predicted molar refractivity (Wildman–Crippen MR) is 121 cm³/mol. The number of rotatable bonds is 7. The summed E-state index contributed by atoms with van der Waals surface area (Å²) >= 11 is 0. The van der Waals surface area contributed by atoms with Crippen molar-refractivity contribution in [3.8, 4) is 17.6 Å². The van der Waals surface area contributed by atoms with Gasteiger partial charge in [0.1, 0.15) is 23.2 Å². The Morgan fingerprint density at radius 3 is 2.44 bits per heavy atom. The van der Waals surface area contributed by atoms with Gasteiger partial charge in [-0.15, -0.1) is 0 Å². The van der Waals surface area contributed by atoms with E-state index in [0.29, 0.717) is 22.6 Å². The molecule has 0 fully saturated rings. The van der Waals surface area contributed by atoms with Gasteiger partial charge in [-0.05, 0) is 47.9 Å². The highest BCUT2D eigenvalue weighted by atomic mass is 16.5. The van der Waals surface area contributed by atoms with Crippen molar-refractivity contribution in [3.63, 3.8) is 0 Å². The quantitative estimate of drug-likeness (QED) is 0.305. The van der Waals surface area contributed by atoms with Gasteiger partial charge in [-0.2, -0.15) is 5.26 Å². The van der Waals surface area contributed by atoms with Crippen LogP contribution in [0.5, 0.6) is 11.5 Å². The third-order valence-electron chi connectivity index (χ3n) is 5.25. The number of carbonyl (C=O) groups is 1. The highest BCUT2D eigenvalue weighted by Crippen LogP contribution is 2.32. The second-order valence-corrected chi connectivity index (χ2v) is 7.87. The van der Waals surface area contributed by atoms with Crippen LogP contribution in [0.4, 0.5) is 0 Å².